The third-order valence-corrected chi connectivity index (χ3v) is 7.98. The molecule has 0 aliphatic carbocycles. The minimum Gasteiger partial charge on any atom is -0.469 e. The Morgan fingerprint density at radius 2 is 1.73 bits per heavy atom. The first-order chi connectivity index (χ1) is 17.3. The maximum Gasteiger partial charge on any atom is 0.311 e. The average Bonchev–Trinajstić information content (AvgIpc) is 3.40. The molecule has 0 spiro atoms. The molecule has 0 aliphatic rings. The van der Waals surface area contributed by atoms with Crippen molar-refractivity contribution < 1.29 is 19.5 Å². The minimum absolute atomic E-state index is 0.102. The summed E-state index contributed by atoms with van der Waals surface area (Å²) in [6, 6.07) is 16.2. The second-order valence-electron chi connectivity index (χ2n) is 11.8. The summed E-state index contributed by atoms with van der Waals surface area (Å²) in [5.41, 5.74) is -1.21. The third-order valence-electron chi connectivity index (χ3n) is 7.03. The van der Waals surface area contributed by atoms with Crippen LogP contribution < -0.4 is 0 Å². The van der Waals surface area contributed by atoms with Crippen molar-refractivity contribution in [3.63, 3.8) is 0 Å². The lowest BCUT2D eigenvalue weighted by atomic mass is 9.74. The van der Waals surface area contributed by atoms with Gasteiger partial charge in [0.1, 0.15) is 6.10 Å². The van der Waals surface area contributed by atoms with Gasteiger partial charge in [-0.2, -0.15) is 10.3 Å². The Balaban J connectivity index is 2.56. The van der Waals surface area contributed by atoms with Gasteiger partial charge in [-0.25, -0.2) is 0 Å². The molecular formula is C30H44N2O4S. The van der Waals surface area contributed by atoms with Gasteiger partial charge in [0.2, 0.25) is 0 Å². The van der Waals surface area contributed by atoms with E-state index in [0.29, 0.717) is 19.3 Å². The van der Waals surface area contributed by atoms with E-state index >= 15 is 0 Å². The topological polar surface area (TPSA) is 82.8 Å². The highest BCUT2D eigenvalue weighted by molar-refractivity contribution is 7.10. The van der Waals surface area contributed by atoms with Crippen LogP contribution in [-0.2, 0) is 14.4 Å². The van der Waals surface area contributed by atoms with Crippen molar-refractivity contribution in [3.05, 3.63) is 58.3 Å². The van der Waals surface area contributed by atoms with E-state index in [9.17, 15) is 15.2 Å². The lowest BCUT2D eigenvalue weighted by molar-refractivity contribution is -0.290. The summed E-state index contributed by atoms with van der Waals surface area (Å²) in [4.78, 5) is 21.2. The number of thiophene rings is 1. The first kappa shape index (κ1) is 31.0. The van der Waals surface area contributed by atoms with Gasteiger partial charge in [-0.1, -0.05) is 50.2 Å². The van der Waals surface area contributed by atoms with Gasteiger partial charge in [0.25, 0.3) is 0 Å². The number of hydrogen-bond acceptors (Lipinski definition) is 7. The Kier molecular flexibility index (Phi) is 10.9. The lowest BCUT2D eigenvalue weighted by Gasteiger charge is -2.45. The van der Waals surface area contributed by atoms with E-state index in [1.807, 2.05) is 76.1 Å². The van der Waals surface area contributed by atoms with Crippen LogP contribution in [-0.4, -0.2) is 35.4 Å². The Morgan fingerprint density at radius 1 is 1.08 bits per heavy atom. The highest BCUT2D eigenvalue weighted by Crippen LogP contribution is 2.44. The maximum atomic E-state index is 13.2. The molecule has 7 heteroatoms. The van der Waals surface area contributed by atoms with E-state index in [1.165, 1.54) is 7.11 Å². The Labute approximate surface area is 227 Å². The molecule has 0 saturated heterocycles. The smallest absolute Gasteiger partial charge is 0.311 e. The van der Waals surface area contributed by atoms with Crippen LogP contribution in [0.2, 0.25) is 0 Å². The average molecular weight is 529 g/mol. The number of carbonyl (C=O) groups is 1. The van der Waals surface area contributed by atoms with Gasteiger partial charge in [-0.3, -0.25) is 9.63 Å². The van der Waals surface area contributed by atoms with Crippen molar-refractivity contribution in [1.29, 1.82) is 5.26 Å². The number of benzene rings is 1. The molecule has 2 aromatic rings. The van der Waals surface area contributed by atoms with Crippen LogP contribution in [0.3, 0.4) is 0 Å². The molecule has 2 rings (SSSR count). The fraction of sp³-hybridized carbons (Fsp3) is 0.600. The number of aliphatic hydroxyl groups is 1. The molecule has 204 valence electrons. The first-order valence-electron chi connectivity index (χ1n) is 13.0. The molecule has 0 radical (unpaired) electrons. The predicted octanol–water partition coefficient (Wildman–Crippen LogP) is 7.09. The predicted molar refractivity (Wildman–Crippen MR) is 149 cm³/mol. The normalized spacial score (nSPS) is 15.7. The lowest BCUT2D eigenvalue weighted by Crippen LogP contribution is -2.50. The number of nitrogens with zero attached hydrogens (tertiary/aromatic N) is 2. The summed E-state index contributed by atoms with van der Waals surface area (Å²) in [6.45, 7) is 13.8. The number of nitriles is 1. The molecule has 3 unspecified atom stereocenters. The van der Waals surface area contributed by atoms with Crippen LogP contribution in [0.1, 0.15) is 90.3 Å². The van der Waals surface area contributed by atoms with Crippen molar-refractivity contribution in [3.8, 4) is 6.07 Å². The molecule has 0 bridgehead atoms. The summed E-state index contributed by atoms with van der Waals surface area (Å²) >= 11 is 1.66. The Hall–Kier alpha value is -2.24. The zero-order chi connectivity index (χ0) is 27.9. The summed E-state index contributed by atoms with van der Waals surface area (Å²) in [6.07, 6.45) is 0.905. The second kappa shape index (κ2) is 13.0. The zero-order valence-electron chi connectivity index (χ0n) is 23.7. The SMILES string of the molecule is COC(=O)C(C)(CCC(C)(C)C#N)CC(ON(C(c1cccs1)C(C)C)C(C)(C)CO)c1ccccc1. The number of carbonyl (C=O) groups excluding carboxylic acids is 1. The van der Waals surface area contributed by atoms with E-state index in [0.717, 1.165) is 10.4 Å². The maximum absolute atomic E-state index is 13.2. The van der Waals surface area contributed by atoms with Crippen molar-refractivity contribution in [2.75, 3.05) is 13.7 Å². The molecular weight excluding hydrogens is 484 g/mol. The fourth-order valence-electron chi connectivity index (χ4n) is 4.44. The molecule has 1 aromatic heterocycles. The zero-order valence-corrected chi connectivity index (χ0v) is 24.5. The number of esters is 1. The summed E-state index contributed by atoms with van der Waals surface area (Å²) in [7, 11) is 1.40. The number of ether oxygens (including phenoxy) is 1. The van der Waals surface area contributed by atoms with Crippen LogP contribution in [0, 0.1) is 28.1 Å². The molecule has 0 aliphatic heterocycles. The van der Waals surface area contributed by atoms with Gasteiger partial charge in [0, 0.05) is 4.88 Å². The number of hydrogen-bond donors (Lipinski definition) is 1. The van der Waals surface area contributed by atoms with Gasteiger partial charge in [0.05, 0.1) is 42.2 Å². The minimum atomic E-state index is -0.880. The Bertz CT molecular complexity index is 1010. The second-order valence-corrected chi connectivity index (χ2v) is 12.7. The highest BCUT2D eigenvalue weighted by Gasteiger charge is 2.43. The number of hydroxylamine groups is 2. The highest BCUT2D eigenvalue weighted by atomic mass is 32.1. The van der Waals surface area contributed by atoms with E-state index in [-0.39, 0.29) is 24.5 Å². The summed E-state index contributed by atoms with van der Waals surface area (Å²) < 4.78 is 5.26. The number of rotatable bonds is 14. The largest absolute Gasteiger partial charge is 0.469 e. The van der Waals surface area contributed by atoms with Crippen LogP contribution >= 0.6 is 11.3 Å². The van der Waals surface area contributed by atoms with Gasteiger partial charge < -0.3 is 9.84 Å². The van der Waals surface area contributed by atoms with E-state index in [4.69, 9.17) is 9.57 Å². The van der Waals surface area contributed by atoms with Crippen molar-refractivity contribution in [1.82, 2.24) is 5.06 Å². The summed E-state index contributed by atoms with van der Waals surface area (Å²) in [5, 5.41) is 24.0. The van der Waals surface area contributed by atoms with Gasteiger partial charge in [0.15, 0.2) is 0 Å². The molecule has 1 aromatic carbocycles. The van der Waals surface area contributed by atoms with E-state index in [1.54, 1.807) is 11.3 Å². The van der Waals surface area contributed by atoms with Crippen LogP contribution in [0.25, 0.3) is 0 Å². The van der Waals surface area contributed by atoms with Crippen molar-refractivity contribution >= 4 is 17.3 Å². The van der Waals surface area contributed by atoms with E-state index < -0.39 is 22.5 Å². The quantitative estimate of drug-likeness (QED) is 0.208. The van der Waals surface area contributed by atoms with Crippen LogP contribution in [0.15, 0.2) is 47.8 Å². The van der Waals surface area contributed by atoms with Crippen molar-refractivity contribution in [2.45, 2.75) is 85.4 Å². The third kappa shape index (κ3) is 8.12. The van der Waals surface area contributed by atoms with Gasteiger partial charge in [-0.05, 0) is 76.8 Å². The number of aliphatic hydroxyl groups excluding tert-OH is 1. The first-order valence-corrected chi connectivity index (χ1v) is 13.8. The van der Waals surface area contributed by atoms with Gasteiger partial charge >= 0.3 is 5.97 Å². The number of methoxy groups -OCH3 is 1. The molecule has 0 fully saturated rings. The Morgan fingerprint density at radius 3 is 2.22 bits per heavy atom. The molecule has 1 heterocycles. The van der Waals surface area contributed by atoms with Crippen LogP contribution in [0.5, 0.6) is 0 Å². The van der Waals surface area contributed by atoms with E-state index in [2.05, 4.69) is 31.4 Å². The summed E-state index contributed by atoms with van der Waals surface area (Å²) in [5.74, 6) is -0.123. The fourth-order valence-corrected chi connectivity index (χ4v) is 5.42. The molecule has 37 heavy (non-hydrogen) atoms. The van der Waals surface area contributed by atoms with Gasteiger partial charge in [-0.15, -0.1) is 11.3 Å². The molecule has 0 saturated carbocycles. The standard InChI is InChI=1S/C30H44N2O4S/c1-22(2)26(25-15-12-18-37-25)32(29(5,6)21-33)36-24(23-13-10-9-11-14-23)19-30(7,27(34)35-8)17-16-28(3,4)20-31/h9-15,18,22,24,26,33H,16-17,19,21H2,1-8H3. The molecule has 6 nitrogen and oxygen atoms in total. The monoisotopic (exact) mass is 528 g/mol. The molecule has 3 atom stereocenters. The molecule has 0 amide bonds. The molecule has 1 N–H and O–H groups in total. The van der Waals surface area contributed by atoms with Crippen LogP contribution in [0.4, 0.5) is 0 Å². The van der Waals surface area contributed by atoms with Crippen molar-refractivity contribution in [2.24, 2.45) is 16.7 Å².